The van der Waals surface area contributed by atoms with Crippen molar-refractivity contribution in [3.63, 3.8) is 0 Å². The Morgan fingerprint density at radius 2 is 1.61 bits per heavy atom. The van der Waals surface area contributed by atoms with Gasteiger partial charge in [-0.05, 0) is 61.2 Å². The molecule has 1 aliphatic carbocycles. The second kappa shape index (κ2) is 13.9. The van der Waals surface area contributed by atoms with Gasteiger partial charge in [0, 0.05) is 17.6 Å². The van der Waals surface area contributed by atoms with Crippen LogP contribution in [0.25, 0.3) is 0 Å². The van der Waals surface area contributed by atoms with E-state index in [1.165, 1.54) is 24.1 Å². The summed E-state index contributed by atoms with van der Waals surface area (Å²) < 4.78 is 34.5. The largest absolute Gasteiger partial charge is 0.495 e. The number of rotatable bonds is 12. The van der Waals surface area contributed by atoms with Gasteiger partial charge >= 0.3 is 0 Å². The molecule has 1 fully saturated rings. The number of carbonyl (C=O) groups is 2. The summed E-state index contributed by atoms with van der Waals surface area (Å²) in [5.41, 5.74) is 0.992. The zero-order valence-corrected chi connectivity index (χ0v) is 24.9. The molecule has 3 aromatic rings. The topological polar surface area (TPSA) is 96.0 Å². The van der Waals surface area contributed by atoms with E-state index in [2.05, 4.69) is 5.32 Å². The number of sulfonamides is 1. The number of methoxy groups -OCH3 is 1. The number of para-hydroxylation sites is 2. The van der Waals surface area contributed by atoms with Crippen molar-refractivity contribution >= 4 is 39.1 Å². The van der Waals surface area contributed by atoms with E-state index < -0.39 is 28.5 Å². The van der Waals surface area contributed by atoms with Crippen molar-refractivity contribution in [3.05, 3.63) is 89.4 Å². The lowest BCUT2D eigenvalue weighted by Crippen LogP contribution is -2.53. The number of hydrogen-bond donors (Lipinski definition) is 1. The Morgan fingerprint density at radius 3 is 2.24 bits per heavy atom. The Morgan fingerprint density at radius 1 is 0.976 bits per heavy atom. The summed E-state index contributed by atoms with van der Waals surface area (Å²) in [6, 6.07) is 20.9. The first kappa shape index (κ1) is 30.4. The maximum Gasteiger partial charge on any atom is 0.264 e. The minimum atomic E-state index is -4.18. The zero-order chi connectivity index (χ0) is 29.4. The molecule has 8 nitrogen and oxygen atoms in total. The molecule has 218 valence electrons. The van der Waals surface area contributed by atoms with E-state index in [1.807, 2.05) is 6.92 Å². The molecule has 1 saturated carbocycles. The number of hydrogen-bond acceptors (Lipinski definition) is 5. The minimum Gasteiger partial charge on any atom is -0.495 e. The van der Waals surface area contributed by atoms with Crippen LogP contribution >= 0.6 is 11.6 Å². The standard InChI is InChI=1S/C31H36ClN3O5S/c1-3-27(31(37)33-25-11-7-8-12-25)34(21-23-17-19-24(32)20-18-23)30(36)22-35(28-15-9-10-16-29(28)40-2)41(38,39)26-13-5-4-6-14-26/h4-6,9-10,13-20,25,27H,3,7-8,11-12,21-22H2,1-2H3,(H,33,37)/t27-/m1/s1. The third-order valence-electron chi connectivity index (χ3n) is 7.32. The fourth-order valence-electron chi connectivity index (χ4n) is 5.14. The highest BCUT2D eigenvalue weighted by Crippen LogP contribution is 2.32. The number of nitrogens with zero attached hydrogens (tertiary/aromatic N) is 2. The molecule has 0 aliphatic heterocycles. The van der Waals surface area contributed by atoms with E-state index in [1.54, 1.807) is 66.7 Å². The predicted octanol–water partition coefficient (Wildman–Crippen LogP) is 5.41. The van der Waals surface area contributed by atoms with Crippen LogP contribution < -0.4 is 14.4 Å². The van der Waals surface area contributed by atoms with Crippen LogP contribution in [0.4, 0.5) is 5.69 Å². The molecule has 10 heteroatoms. The summed E-state index contributed by atoms with van der Waals surface area (Å²) in [5.74, 6) is -0.453. The van der Waals surface area contributed by atoms with Gasteiger partial charge in [-0.25, -0.2) is 8.42 Å². The molecular weight excluding hydrogens is 562 g/mol. The maximum absolute atomic E-state index is 14.2. The molecule has 1 atom stereocenters. The van der Waals surface area contributed by atoms with Crippen molar-refractivity contribution < 1.29 is 22.7 Å². The molecule has 3 aromatic carbocycles. The summed E-state index contributed by atoms with van der Waals surface area (Å²) in [6.45, 7) is 1.43. The fourth-order valence-corrected chi connectivity index (χ4v) is 6.71. The Kier molecular flexibility index (Phi) is 10.3. The monoisotopic (exact) mass is 597 g/mol. The van der Waals surface area contributed by atoms with Crippen LogP contribution in [-0.2, 0) is 26.2 Å². The van der Waals surface area contributed by atoms with Crippen molar-refractivity contribution in [1.82, 2.24) is 10.2 Å². The molecule has 41 heavy (non-hydrogen) atoms. The first-order valence-corrected chi connectivity index (χ1v) is 15.6. The summed E-state index contributed by atoms with van der Waals surface area (Å²) in [7, 11) is -2.73. The van der Waals surface area contributed by atoms with Gasteiger partial charge in [0.05, 0.1) is 17.7 Å². The van der Waals surface area contributed by atoms with Crippen molar-refractivity contribution in [1.29, 1.82) is 0 Å². The molecule has 0 bridgehead atoms. The molecule has 1 aliphatic rings. The van der Waals surface area contributed by atoms with E-state index in [9.17, 15) is 18.0 Å². The van der Waals surface area contributed by atoms with Crippen LogP contribution in [0.15, 0.2) is 83.8 Å². The van der Waals surface area contributed by atoms with E-state index in [-0.39, 0.29) is 29.1 Å². The van der Waals surface area contributed by atoms with Gasteiger partial charge in [0.15, 0.2) is 0 Å². The molecule has 0 heterocycles. The van der Waals surface area contributed by atoms with Crippen molar-refractivity contribution in [2.24, 2.45) is 0 Å². The summed E-state index contributed by atoms with van der Waals surface area (Å²) >= 11 is 6.09. The van der Waals surface area contributed by atoms with Crippen LogP contribution in [0.1, 0.15) is 44.6 Å². The molecule has 0 saturated heterocycles. The summed E-state index contributed by atoms with van der Waals surface area (Å²) in [5, 5.41) is 3.66. The van der Waals surface area contributed by atoms with Gasteiger partial charge in [-0.3, -0.25) is 13.9 Å². The molecule has 1 N–H and O–H groups in total. The quantitative estimate of drug-likeness (QED) is 0.301. The number of nitrogens with one attached hydrogen (secondary N) is 1. The number of benzene rings is 3. The molecule has 0 aromatic heterocycles. The number of anilines is 1. The second-order valence-electron chi connectivity index (χ2n) is 10.1. The van der Waals surface area contributed by atoms with Crippen molar-refractivity contribution in [3.8, 4) is 5.75 Å². The van der Waals surface area contributed by atoms with Gasteiger partial charge < -0.3 is 15.0 Å². The molecule has 0 radical (unpaired) electrons. The van der Waals surface area contributed by atoms with Crippen LogP contribution in [0, 0.1) is 0 Å². The number of halogens is 1. The molecule has 0 spiro atoms. The van der Waals surface area contributed by atoms with Crippen LogP contribution in [0.3, 0.4) is 0 Å². The summed E-state index contributed by atoms with van der Waals surface area (Å²) in [4.78, 5) is 29.2. The number of carbonyl (C=O) groups excluding carboxylic acids is 2. The van der Waals surface area contributed by atoms with E-state index in [0.717, 1.165) is 35.6 Å². The molecule has 4 rings (SSSR count). The Bertz CT molecular complexity index is 1430. The highest BCUT2D eigenvalue weighted by Gasteiger charge is 2.35. The molecule has 2 amide bonds. The van der Waals surface area contributed by atoms with Gasteiger partial charge in [0.1, 0.15) is 18.3 Å². The van der Waals surface area contributed by atoms with E-state index in [4.69, 9.17) is 16.3 Å². The first-order valence-electron chi connectivity index (χ1n) is 13.8. The third-order valence-corrected chi connectivity index (χ3v) is 9.34. The SMILES string of the molecule is CC[C@H](C(=O)NC1CCCC1)N(Cc1ccc(Cl)cc1)C(=O)CN(c1ccccc1OC)S(=O)(=O)c1ccccc1. The van der Waals surface area contributed by atoms with Crippen LogP contribution in [0.5, 0.6) is 5.75 Å². The number of amides is 2. The highest BCUT2D eigenvalue weighted by molar-refractivity contribution is 7.92. The lowest BCUT2D eigenvalue weighted by atomic mass is 10.1. The fraction of sp³-hybridized carbons (Fsp3) is 0.355. The van der Waals surface area contributed by atoms with Crippen molar-refractivity contribution in [2.45, 2.75) is 62.6 Å². The second-order valence-corrected chi connectivity index (χ2v) is 12.4. The predicted molar refractivity (Wildman–Crippen MR) is 160 cm³/mol. The average Bonchev–Trinajstić information content (AvgIpc) is 3.50. The normalized spacial score (nSPS) is 14.3. The minimum absolute atomic E-state index is 0.0361. The van der Waals surface area contributed by atoms with Crippen molar-refractivity contribution in [2.75, 3.05) is 18.0 Å². The van der Waals surface area contributed by atoms with E-state index in [0.29, 0.717) is 17.2 Å². The van der Waals surface area contributed by atoms with Crippen LogP contribution in [0.2, 0.25) is 5.02 Å². The lowest BCUT2D eigenvalue weighted by molar-refractivity contribution is -0.140. The average molecular weight is 598 g/mol. The Balaban J connectivity index is 1.73. The third kappa shape index (κ3) is 7.40. The van der Waals surface area contributed by atoms with Gasteiger partial charge in [0.2, 0.25) is 11.8 Å². The maximum atomic E-state index is 14.2. The van der Waals surface area contributed by atoms with Gasteiger partial charge in [-0.15, -0.1) is 0 Å². The smallest absolute Gasteiger partial charge is 0.264 e. The first-order chi connectivity index (χ1) is 19.7. The van der Waals surface area contributed by atoms with Gasteiger partial charge in [-0.1, -0.05) is 73.8 Å². The Hall–Kier alpha value is -3.56. The zero-order valence-electron chi connectivity index (χ0n) is 23.3. The van der Waals surface area contributed by atoms with Gasteiger partial charge in [0.25, 0.3) is 10.0 Å². The summed E-state index contributed by atoms with van der Waals surface area (Å²) in [6.07, 6.45) is 4.28. The van der Waals surface area contributed by atoms with Crippen LogP contribution in [-0.4, -0.2) is 50.9 Å². The highest BCUT2D eigenvalue weighted by atomic mass is 35.5. The molecular formula is C31H36ClN3O5S. The lowest BCUT2D eigenvalue weighted by Gasteiger charge is -2.34. The Labute approximate surface area is 247 Å². The molecule has 0 unspecified atom stereocenters. The number of ether oxygens (including phenoxy) is 1. The van der Waals surface area contributed by atoms with Gasteiger partial charge in [-0.2, -0.15) is 0 Å². The van der Waals surface area contributed by atoms with E-state index >= 15 is 0 Å².